The van der Waals surface area contributed by atoms with Crippen molar-refractivity contribution in [2.24, 2.45) is 5.10 Å². The second-order valence-electron chi connectivity index (χ2n) is 6.08. The largest absolute Gasteiger partial charge is 0.447 e. The number of nitrogens with zero attached hydrogens (tertiary/aromatic N) is 2. The average molecular weight is 330 g/mol. The van der Waals surface area contributed by atoms with Crippen molar-refractivity contribution in [3.05, 3.63) is 29.8 Å². The zero-order valence-electron chi connectivity index (χ0n) is 13.7. The van der Waals surface area contributed by atoms with E-state index >= 15 is 0 Å². The van der Waals surface area contributed by atoms with E-state index in [4.69, 9.17) is 4.74 Å². The van der Waals surface area contributed by atoms with Gasteiger partial charge in [0.25, 0.3) is 0 Å². The van der Waals surface area contributed by atoms with E-state index in [0.717, 1.165) is 24.1 Å². The van der Waals surface area contributed by atoms with Gasteiger partial charge in [-0.2, -0.15) is 5.10 Å². The van der Waals surface area contributed by atoms with Crippen LogP contribution in [0.4, 0.5) is 15.3 Å². The van der Waals surface area contributed by atoms with E-state index in [9.17, 15) is 9.59 Å². The highest BCUT2D eigenvalue weighted by Crippen LogP contribution is 2.20. The lowest BCUT2D eigenvalue weighted by molar-refractivity contribution is 0.181. The van der Waals surface area contributed by atoms with Crippen LogP contribution in [0.5, 0.6) is 0 Å². The number of ether oxygens (including phenoxy) is 1. The van der Waals surface area contributed by atoms with E-state index in [0.29, 0.717) is 18.9 Å². The number of cyclic esters (lactones) is 1. The quantitative estimate of drug-likeness (QED) is 0.657. The first-order chi connectivity index (χ1) is 11.6. The molecule has 2 N–H and O–H groups in total. The fourth-order valence-electron chi connectivity index (χ4n) is 3.01. The Bertz CT molecular complexity index is 653. The number of benzene rings is 1. The number of urea groups is 1. The smallest absolute Gasteiger partial charge is 0.414 e. The molecular formula is C17H22N4O3. The summed E-state index contributed by atoms with van der Waals surface area (Å²) in [5.41, 5.74) is 4.82. The highest BCUT2D eigenvalue weighted by Gasteiger charge is 2.23. The Balaban J connectivity index is 1.62. The number of amides is 3. The summed E-state index contributed by atoms with van der Waals surface area (Å²) in [7, 11) is 0. The van der Waals surface area contributed by atoms with Gasteiger partial charge < -0.3 is 10.1 Å². The molecule has 7 nitrogen and oxygen atoms in total. The minimum Gasteiger partial charge on any atom is -0.447 e. The molecule has 0 atom stereocenters. The van der Waals surface area contributed by atoms with Crippen LogP contribution >= 0.6 is 0 Å². The van der Waals surface area contributed by atoms with E-state index in [-0.39, 0.29) is 18.2 Å². The second kappa shape index (κ2) is 7.33. The Kier molecular flexibility index (Phi) is 4.98. The van der Waals surface area contributed by atoms with Crippen molar-refractivity contribution in [2.45, 2.75) is 38.6 Å². The molecule has 1 saturated carbocycles. The number of hydrogen-bond donors (Lipinski definition) is 2. The lowest BCUT2D eigenvalue weighted by Crippen LogP contribution is -2.39. The summed E-state index contributed by atoms with van der Waals surface area (Å²) in [5.74, 6) is 0. The van der Waals surface area contributed by atoms with Crippen molar-refractivity contribution in [1.82, 2.24) is 10.7 Å². The van der Waals surface area contributed by atoms with Crippen molar-refractivity contribution in [3.63, 3.8) is 0 Å². The lowest BCUT2D eigenvalue weighted by Gasteiger charge is -2.14. The minimum absolute atomic E-state index is 0.255. The first-order valence-electron chi connectivity index (χ1n) is 8.29. The summed E-state index contributed by atoms with van der Waals surface area (Å²) >= 11 is 0. The molecule has 3 amide bonds. The monoisotopic (exact) mass is 330 g/mol. The fraction of sp³-hybridized carbons (Fsp3) is 0.471. The Morgan fingerprint density at radius 1 is 1.33 bits per heavy atom. The van der Waals surface area contributed by atoms with Crippen molar-refractivity contribution in [3.8, 4) is 0 Å². The summed E-state index contributed by atoms with van der Waals surface area (Å²) < 4.78 is 4.95. The number of carbonyl (C=O) groups is 2. The summed E-state index contributed by atoms with van der Waals surface area (Å²) in [4.78, 5) is 25.1. The molecule has 2 fully saturated rings. The summed E-state index contributed by atoms with van der Waals surface area (Å²) in [6.45, 7) is 2.76. The molecule has 128 valence electrons. The zero-order chi connectivity index (χ0) is 16.9. The average Bonchev–Trinajstić information content (AvgIpc) is 3.24. The van der Waals surface area contributed by atoms with Gasteiger partial charge in [0.1, 0.15) is 6.61 Å². The number of rotatable bonds is 4. The number of anilines is 1. The maximum absolute atomic E-state index is 11.9. The maximum Gasteiger partial charge on any atom is 0.414 e. The molecule has 1 aliphatic carbocycles. The minimum atomic E-state index is -0.337. The van der Waals surface area contributed by atoms with E-state index < -0.39 is 0 Å². The van der Waals surface area contributed by atoms with Crippen molar-refractivity contribution >= 4 is 23.5 Å². The summed E-state index contributed by atoms with van der Waals surface area (Å²) in [6, 6.07) is 7.44. The number of carbonyl (C=O) groups excluding carboxylic acids is 2. The van der Waals surface area contributed by atoms with Crippen LogP contribution in [0.15, 0.2) is 29.4 Å². The Morgan fingerprint density at radius 3 is 2.83 bits per heavy atom. The standard InChI is InChI=1S/C17H22N4O3/c1-12(19-20-16(22)18-14-6-2-3-7-14)13-5-4-8-15(11-13)21-9-10-24-17(21)23/h4-5,8,11,14H,2-3,6-7,9-10H2,1H3,(H2,18,20,22)/b19-12+. The molecule has 24 heavy (non-hydrogen) atoms. The van der Waals surface area contributed by atoms with E-state index in [2.05, 4.69) is 15.8 Å². The van der Waals surface area contributed by atoms with E-state index in [1.54, 1.807) is 4.90 Å². The van der Waals surface area contributed by atoms with Gasteiger partial charge in [0.05, 0.1) is 12.3 Å². The van der Waals surface area contributed by atoms with Crippen molar-refractivity contribution in [2.75, 3.05) is 18.1 Å². The molecule has 0 aromatic heterocycles. The topological polar surface area (TPSA) is 83.0 Å². The molecule has 2 aliphatic rings. The van der Waals surface area contributed by atoms with Gasteiger partial charge in [0.2, 0.25) is 0 Å². The van der Waals surface area contributed by atoms with Crippen LogP contribution in [0, 0.1) is 0 Å². The molecule has 0 bridgehead atoms. The summed E-state index contributed by atoms with van der Waals surface area (Å²) in [6.07, 6.45) is 4.06. The molecule has 1 aliphatic heterocycles. The Labute approximate surface area is 141 Å². The molecule has 1 heterocycles. The predicted octanol–water partition coefficient (Wildman–Crippen LogP) is 2.61. The molecule has 0 spiro atoms. The van der Waals surface area contributed by atoms with Gasteiger partial charge in [-0.05, 0) is 37.5 Å². The highest BCUT2D eigenvalue weighted by atomic mass is 16.6. The van der Waals surface area contributed by atoms with Gasteiger partial charge in [0, 0.05) is 11.7 Å². The van der Waals surface area contributed by atoms with Gasteiger partial charge in [-0.15, -0.1) is 0 Å². The maximum atomic E-state index is 11.9. The van der Waals surface area contributed by atoms with Crippen LogP contribution in [0.2, 0.25) is 0 Å². The molecule has 1 aromatic carbocycles. The first kappa shape index (κ1) is 16.3. The van der Waals surface area contributed by atoms with Crippen LogP contribution in [0.3, 0.4) is 0 Å². The Hall–Kier alpha value is -2.57. The SMILES string of the molecule is C/C(=N\NC(=O)NC1CCCC1)c1cccc(N2CCOC2=O)c1. The molecule has 0 unspecified atom stereocenters. The van der Waals surface area contributed by atoms with Crippen molar-refractivity contribution in [1.29, 1.82) is 0 Å². The molecule has 1 aromatic rings. The van der Waals surface area contributed by atoms with Gasteiger partial charge in [-0.25, -0.2) is 15.0 Å². The fourth-order valence-corrected chi connectivity index (χ4v) is 3.01. The molecule has 0 radical (unpaired) electrons. The summed E-state index contributed by atoms with van der Waals surface area (Å²) in [5, 5.41) is 7.06. The van der Waals surface area contributed by atoms with Gasteiger partial charge in [-0.1, -0.05) is 25.0 Å². The first-order valence-corrected chi connectivity index (χ1v) is 8.29. The zero-order valence-corrected chi connectivity index (χ0v) is 13.7. The van der Waals surface area contributed by atoms with Gasteiger partial charge in [-0.3, -0.25) is 4.90 Å². The second-order valence-corrected chi connectivity index (χ2v) is 6.08. The number of nitrogens with one attached hydrogen (secondary N) is 2. The molecule has 3 rings (SSSR count). The normalized spacial score (nSPS) is 18.6. The van der Waals surface area contributed by atoms with Crippen LogP contribution in [-0.2, 0) is 4.74 Å². The van der Waals surface area contributed by atoms with E-state index in [1.807, 2.05) is 31.2 Å². The molecule has 1 saturated heterocycles. The van der Waals surface area contributed by atoms with Crippen LogP contribution in [0.1, 0.15) is 38.2 Å². The molecule has 7 heteroatoms. The molecular weight excluding hydrogens is 308 g/mol. The number of hydrazone groups is 1. The third kappa shape index (κ3) is 3.84. The third-order valence-corrected chi connectivity index (χ3v) is 4.35. The van der Waals surface area contributed by atoms with Gasteiger partial charge in [0.15, 0.2) is 0 Å². The lowest BCUT2D eigenvalue weighted by atomic mass is 10.1. The van der Waals surface area contributed by atoms with Gasteiger partial charge >= 0.3 is 12.1 Å². The van der Waals surface area contributed by atoms with Crippen LogP contribution < -0.4 is 15.6 Å². The highest BCUT2D eigenvalue weighted by molar-refractivity contribution is 6.01. The predicted molar refractivity (Wildman–Crippen MR) is 91.3 cm³/mol. The number of hydrogen-bond acceptors (Lipinski definition) is 4. The Morgan fingerprint density at radius 2 is 2.12 bits per heavy atom. The van der Waals surface area contributed by atoms with Crippen LogP contribution in [0.25, 0.3) is 0 Å². The van der Waals surface area contributed by atoms with Crippen LogP contribution in [-0.4, -0.2) is 37.0 Å². The van der Waals surface area contributed by atoms with E-state index in [1.165, 1.54) is 12.8 Å². The third-order valence-electron chi connectivity index (χ3n) is 4.35. The van der Waals surface area contributed by atoms with Crippen molar-refractivity contribution < 1.29 is 14.3 Å².